The molecule has 86 valence electrons. The number of rotatable bonds is 1. The van der Waals surface area contributed by atoms with Crippen molar-refractivity contribution in [2.45, 2.75) is 23.8 Å². The van der Waals surface area contributed by atoms with Crippen LogP contribution in [0.15, 0.2) is 0 Å². The van der Waals surface area contributed by atoms with E-state index in [1.54, 1.807) is 0 Å². The van der Waals surface area contributed by atoms with E-state index in [0.717, 1.165) is 31.7 Å². The summed E-state index contributed by atoms with van der Waals surface area (Å²) in [6, 6.07) is -0.108. The quantitative estimate of drug-likeness (QED) is 0.656. The Bertz CT molecular complexity index is 252. The Labute approximate surface area is 94.7 Å². The molecule has 2 aliphatic rings. The molecule has 1 spiro atoms. The highest BCUT2D eigenvalue weighted by Gasteiger charge is 2.43. The highest BCUT2D eigenvalue weighted by atomic mass is 32.2. The van der Waals surface area contributed by atoms with Gasteiger partial charge in [-0.25, -0.2) is 0 Å². The van der Waals surface area contributed by atoms with Crippen LogP contribution in [0.2, 0.25) is 0 Å². The number of esters is 1. The third-order valence-electron chi connectivity index (χ3n) is 3.24. The summed E-state index contributed by atoms with van der Waals surface area (Å²) < 4.78 is 4.76. The molecule has 0 aromatic carbocycles. The van der Waals surface area contributed by atoms with Crippen LogP contribution in [0.25, 0.3) is 0 Å². The number of hydrogen-bond acceptors (Lipinski definition) is 5. The standard InChI is InChI=1S/C10H18N2O2S/c1-12-5-3-10(4-6-12)11-8(7-15-10)9(13)14-2/h8,11H,3-7H2,1-2H3/t8-/m0/s1. The number of thioether (sulfide) groups is 1. The van der Waals surface area contributed by atoms with Gasteiger partial charge in [-0.15, -0.1) is 11.8 Å². The zero-order valence-electron chi connectivity index (χ0n) is 9.28. The maximum atomic E-state index is 11.4. The first kappa shape index (κ1) is 11.2. The molecule has 0 amide bonds. The summed E-state index contributed by atoms with van der Waals surface area (Å²) in [6.07, 6.45) is 2.23. The number of piperidine rings is 1. The van der Waals surface area contributed by atoms with Crippen molar-refractivity contribution < 1.29 is 9.53 Å². The van der Waals surface area contributed by atoms with Gasteiger partial charge in [0.25, 0.3) is 0 Å². The second-order valence-electron chi connectivity index (χ2n) is 4.33. The molecule has 5 heteroatoms. The molecule has 0 unspecified atom stereocenters. The lowest BCUT2D eigenvalue weighted by molar-refractivity contribution is -0.142. The lowest BCUT2D eigenvalue weighted by Crippen LogP contribution is -2.51. The molecular formula is C10H18N2O2S. The van der Waals surface area contributed by atoms with Crippen LogP contribution in [0.4, 0.5) is 0 Å². The van der Waals surface area contributed by atoms with E-state index in [1.165, 1.54) is 7.11 Å². The lowest BCUT2D eigenvalue weighted by atomic mass is 10.0. The number of nitrogens with one attached hydrogen (secondary N) is 1. The molecule has 0 aromatic rings. The third kappa shape index (κ3) is 2.29. The maximum absolute atomic E-state index is 11.4. The summed E-state index contributed by atoms with van der Waals surface area (Å²) in [7, 11) is 3.60. The molecular weight excluding hydrogens is 212 g/mol. The smallest absolute Gasteiger partial charge is 0.323 e. The Hall–Kier alpha value is -0.260. The van der Waals surface area contributed by atoms with Crippen molar-refractivity contribution >= 4 is 17.7 Å². The fraction of sp³-hybridized carbons (Fsp3) is 0.900. The Morgan fingerprint density at radius 3 is 2.80 bits per heavy atom. The van der Waals surface area contributed by atoms with Crippen LogP contribution in [0.3, 0.4) is 0 Å². The van der Waals surface area contributed by atoms with Crippen molar-refractivity contribution in [3.63, 3.8) is 0 Å². The van der Waals surface area contributed by atoms with E-state index < -0.39 is 0 Å². The van der Waals surface area contributed by atoms with Gasteiger partial charge < -0.3 is 9.64 Å². The number of nitrogens with zero attached hydrogens (tertiary/aromatic N) is 1. The van der Waals surface area contributed by atoms with E-state index >= 15 is 0 Å². The number of carbonyl (C=O) groups excluding carboxylic acids is 1. The summed E-state index contributed by atoms with van der Waals surface area (Å²) in [5, 5.41) is 3.44. The van der Waals surface area contributed by atoms with Crippen molar-refractivity contribution in [1.82, 2.24) is 10.2 Å². The van der Waals surface area contributed by atoms with Gasteiger partial charge in [-0.05, 0) is 19.9 Å². The molecule has 0 bridgehead atoms. The van der Waals surface area contributed by atoms with Crippen molar-refractivity contribution in [1.29, 1.82) is 0 Å². The third-order valence-corrected chi connectivity index (χ3v) is 4.82. The van der Waals surface area contributed by atoms with Gasteiger partial charge in [0.2, 0.25) is 0 Å². The van der Waals surface area contributed by atoms with Gasteiger partial charge in [-0.2, -0.15) is 0 Å². The van der Waals surface area contributed by atoms with Crippen LogP contribution in [0.5, 0.6) is 0 Å². The van der Waals surface area contributed by atoms with Gasteiger partial charge in [0.05, 0.1) is 12.0 Å². The molecule has 15 heavy (non-hydrogen) atoms. The van der Waals surface area contributed by atoms with Crippen LogP contribution >= 0.6 is 11.8 Å². The summed E-state index contributed by atoms with van der Waals surface area (Å²) in [5.41, 5.74) is 0. The average molecular weight is 230 g/mol. The van der Waals surface area contributed by atoms with E-state index in [9.17, 15) is 4.79 Å². The number of likely N-dealkylation sites (tertiary alicyclic amines) is 1. The molecule has 4 nitrogen and oxygen atoms in total. The van der Waals surface area contributed by atoms with Gasteiger partial charge in [0.1, 0.15) is 6.04 Å². The molecule has 2 rings (SSSR count). The first-order valence-corrected chi connectivity index (χ1v) is 6.32. The largest absolute Gasteiger partial charge is 0.468 e. The zero-order valence-corrected chi connectivity index (χ0v) is 10.1. The van der Waals surface area contributed by atoms with Crippen molar-refractivity contribution in [3.05, 3.63) is 0 Å². The van der Waals surface area contributed by atoms with Crippen molar-refractivity contribution in [2.75, 3.05) is 33.0 Å². The maximum Gasteiger partial charge on any atom is 0.323 e. The molecule has 1 N–H and O–H groups in total. The van der Waals surface area contributed by atoms with Crippen LogP contribution in [0.1, 0.15) is 12.8 Å². The monoisotopic (exact) mass is 230 g/mol. The summed E-state index contributed by atoms with van der Waals surface area (Å²) in [6.45, 7) is 2.21. The highest BCUT2D eigenvalue weighted by molar-refractivity contribution is 8.01. The van der Waals surface area contributed by atoms with Gasteiger partial charge in [0.15, 0.2) is 0 Å². The molecule has 0 aromatic heterocycles. The first-order valence-electron chi connectivity index (χ1n) is 5.33. The minimum atomic E-state index is -0.127. The van der Waals surface area contributed by atoms with Gasteiger partial charge >= 0.3 is 5.97 Å². The van der Waals surface area contributed by atoms with Gasteiger partial charge in [0, 0.05) is 18.8 Å². The predicted molar refractivity (Wildman–Crippen MR) is 60.9 cm³/mol. The second kappa shape index (κ2) is 4.31. The van der Waals surface area contributed by atoms with Gasteiger partial charge in [-0.3, -0.25) is 10.1 Å². The Balaban J connectivity index is 1.93. The van der Waals surface area contributed by atoms with E-state index in [1.807, 2.05) is 11.8 Å². The first-order chi connectivity index (χ1) is 7.15. The lowest BCUT2D eigenvalue weighted by Gasteiger charge is -2.37. The molecule has 2 saturated heterocycles. The van der Waals surface area contributed by atoms with E-state index in [-0.39, 0.29) is 16.9 Å². The van der Waals surface area contributed by atoms with Crippen LogP contribution < -0.4 is 5.32 Å². The Morgan fingerprint density at radius 2 is 2.20 bits per heavy atom. The Kier molecular flexibility index (Phi) is 3.23. The molecule has 0 aliphatic carbocycles. The fourth-order valence-corrected chi connectivity index (χ4v) is 3.58. The van der Waals surface area contributed by atoms with Crippen LogP contribution in [-0.4, -0.2) is 54.8 Å². The van der Waals surface area contributed by atoms with E-state index in [0.29, 0.717) is 0 Å². The molecule has 0 saturated carbocycles. The van der Waals surface area contributed by atoms with E-state index in [2.05, 4.69) is 17.3 Å². The van der Waals surface area contributed by atoms with Gasteiger partial charge in [-0.1, -0.05) is 0 Å². The Morgan fingerprint density at radius 1 is 1.53 bits per heavy atom. The number of carbonyl (C=O) groups is 1. The average Bonchev–Trinajstić information content (AvgIpc) is 2.66. The number of methoxy groups -OCH3 is 1. The zero-order chi connectivity index (χ0) is 10.9. The number of hydrogen-bond donors (Lipinski definition) is 1. The van der Waals surface area contributed by atoms with Crippen LogP contribution in [-0.2, 0) is 9.53 Å². The number of ether oxygens (including phenoxy) is 1. The van der Waals surface area contributed by atoms with Crippen LogP contribution in [0, 0.1) is 0 Å². The molecule has 2 aliphatic heterocycles. The minimum absolute atomic E-state index is 0.108. The molecule has 1 atom stereocenters. The summed E-state index contributed by atoms with van der Waals surface area (Å²) in [5.74, 6) is 0.717. The van der Waals surface area contributed by atoms with Crippen molar-refractivity contribution in [2.24, 2.45) is 0 Å². The highest BCUT2D eigenvalue weighted by Crippen LogP contribution is 2.38. The summed E-state index contributed by atoms with van der Waals surface area (Å²) >= 11 is 1.88. The van der Waals surface area contributed by atoms with E-state index in [4.69, 9.17) is 4.74 Å². The topological polar surface area (TPSA) is 41.6 Å². The second-order valence-corrected chi connectivity index (χ2v) is 5.73. The SMILES string of the molecule is COC(=O)[C@@H]1CSC2(CCN(C)CC2)N1. The summed E-state index contributed by atoms with van der Waals surface area (Å²) in [4.78, 5) is 13.9. The molecule has 0 radical (unpaired) electrons. The fourth-order valence-electron chi connectivity index (χ4n) is 2.18. The minimum Gasteiger partial charge on any atom is -0.468 e. The van der Waals surface area contributed by atoms with Crippen molar-refractivity contribution in [3.8, 4) is 0 Å². The molecule has 2 heterocycles. The molecule has 2 fully saturated rings. The normalized spacial score (nSPS) is 30.7. The predicted octanol–water partition coefficient (Wildman–Crippen LogP) is 0.286.